The van der Waals surface area contributed by atoms with E-state index < -0.39 is 0 Å². The highest BCUT2D eigenvalue weighted by atomic mass is 16.5. The van der Waals surface area contributed by atoms with Gasteiger partial charge in [-0.1, -0.05) is 12.1 Å². The fourth-order valence-electron chi connectivity index (χ4n) is 2.05. The summed E-state index contributed by atoms with van der Waals surface area (Å²) in [5.74, 6) is 0.838. The second-order valence-electron chi connectivity index (χ2n) is 4.22. The Bertz CT molecular complexity index is 403. The summed E-state index contributed by atoms with van der Waals surface area (Å²) in [7, 11) is 1.65. The van der Waals surface area contributed by atoms with E-state index in [4.69, 9.17) is 9.47 Å². The molecular formula is C13H15NO2. The molecule has 0 radical (unpaired) electrons. The van der Waals surface area contributed by atoms with Gasteiger partial charge in [0.1, 0.15) is 5.75 Å². The molecule has 1 fully saturated rings. The molecule has 0 N–H and O–H groups in total. The molecule has 3 nitrogen and oxygen atoms in total. The maximum absolute atomic E-state index is 9.24. The molecule has 1 aromatic rings. The van der Waals surface area contributed by atoms with E-state index in [9.17, 15) is 5.26 Å². The molecule has 0 bridgehead atoms. The summed E-state index contributed by atoms with van der Waals surface area (Å²) in [6, 6.07) is 10.3. The maximum atomic E-state index is 9.24. The molecule has 0 aliphatic carbocycles. The van der Waals surface area contributed by atoms with E-state index in [2.05, 4.69) is 6.07 Å². The van der Waals surface area contributed by atoms with Gasteiger partial charge in [0.15, 0.2) is 0 Å². The second kappa shape index (κ2) is 4.54. The summed E-state index contributed by atoms with van der Waals surface area (Å²) < 4.78 is 10.5. The third-order valence-electron chi connectivity index (χ3n) is 3.02. The first-order chi connectivity index (χ1) is 7.78. The van der Waals surface area contributed by atoms with E-state index in [0.29, 0.717) is 13.2 Å². The van der Waals surface area contributed by atoms with Crippen molar-refractivity contribution in [3.63, 3.8) is 0 Å². The topological polar surface area (TPSA) is 42.2 Å². The van der Waals surface area contributed by atoms with Crippen molar-refractivity contribution in [2.24, 2.45) is 5.41 Å². The number of nitrogens with zero attached hydrogens (tertiary/aromatic N) is 1. The van der Waals surface area contributed by atoms with E-state index in [1.165, 1.54) is 0 Å². The molecule has 1 aromatic carbocycles. The highest BCUT2D eigenvalue weighted by molar-refractivity contribution is 5.30. The average Bonchev–Trinajstić information content (AvgIpc) is 2.78. The van der Waals surface area contributed by atoms with Crippen LogP contribution in [0, 0.1) is 16.7 Å². The van der Waals surface area contributed by atoms with Gasteiger partial charge in [0.05, 0.1) is 25.2 Å². The molecule has 1 aliphatic rings. The standard InChI is InChI=1S/C13H15NO2/c1-15-12-4-2-3-11(7-12)8-13(9-14)5-6-16-10-13/h2-4,7H,5-6,8,10H2,1H3. The zero-order valence-electron chi connectivity index (χ0n) is 9.40. The van der Waals surface area contributed by atoms with E-state index in [0.717, 1.165) is 24.2 Å². The van der Waals surface area contributed by atoms with Crippen molar-refractivity contribution >= 4 is 0 Å². The molecule has 3 heteroatoms. The molecule has 84 valence electrons. The normalized spacial score (nSPS) is 24.0. The van der Waals surface area contributed by atoms with Crippen LogP contribution in [0.25, 0.3) is 0 Å². The zero-order chi connectivity index (χ0) is 11.4. The van der Waals surface area contributed by atoms with Gasteiger partial charge in [0.25, 0.3) is 0 Å². The highest BCUT2D eigenvalue weighted by Crippen LogP contribution is 2.32. The molecule has 1 unspecified atom stereocenters. The molecule has 0 spiro atoms. The quantitative estimate of drug-likeness (QED) is 0.779. The molecule has 2 rings (SSSR count). The molecule has 1 atom stereocenters. The van der Waals surface area contributed by atoms with Crippen LogP contribution in [0.4, 0.5) is 0 Å². The Balaban J connectivity index is 2.16. The predicted octanol–water partition coefficient (Wildman–Crippen LogP) is 2.17. The summed E-state index contributed by atoms with van der Waals surface area (Å²) in [6.45, 7) is 1.23. The molecule has 0 saturated carbocycles. The second-order valence-corrected chi connectivity index (χ2v) is 4.22. The van der Waals surface area contributed by atoms with Gasteiger partial charge in [-0.3, -0.25) is 0 Å². The molecule has 1 aliphatic heterocycles. The Labute approximate surface area is 95.6 Å². The Hall–Kier alpha value is -1.53. The average molecular weight is 217 g/mol. The minimum Gasteiger partial charge on any atom is -0.497 e. The number of hydrogen-bond acceptors (Lipinski definition) is 3. The summed E-state index contributed by atoms with van der Waals surface area (Å²) in [4.78, 5) is 0. The molecule has 0 amide bonds. The maximum Gasteiger partial charge on any atom is 0.119 e. The first kappa shape index (κ1) is 11.0. The van der Waals surface area contributed by atoms with Gasteiger partial charge in [-0.15, -0.1) is 0 Å². The lowest BCUT2D eigenvalue weighted by Crippen LogP contribution is -2.21. The number of methoxy groups -OCH3 is 1. The Morgan fingerprint density at radius 2 is 2.44 bits per heavy atom. The molecule has 1 saturated heterocycles. The van der Waals surface area contributed by atoms with Crippen LogP contribution in [0.3, 0.4) is 0 Å². The van der Waals surface area contributed by atoms with Gasteiger partial charge in [-0.25, -0.2) is 0 Å². The monoisotopic (exact) mass is 217 g/mol. The first-order valence-electron chi connectivity index (χ1n) is 5.40. The Kier molecular flexibility index (Phi) is 3.12. The smallest absolute Gasteiger partial charge is 0.119 e. The van der Waals surface area contributed by atoms with Crippen LogP contribution in [0.1, 0.15) is 12.0 Å². The third kappa shape index (κ3) is 2.17. The van der Waals surface area contributed by atoms with Crippen LogP contribution in [0.5, 0.6) is 5.75 Å². The SMILES string of the molecule is COc1cccc(CC2(C#N)CCOC2)c1. The van der Waals surface area contributed by atoms with Crippen molar-refractivity contribution in [1.29, 1.82) is 5.26 Å². The van der Waals surface area contributed by atoms with Crippen LogP contribution in [0.15, 0.2) is 24.3 Å². The van der Waals surface area contributed by atoms with Crippen LogP contribution in [-0.2, 0) is 11.2 Å². The fraction of sp³-hybridized carbons (Fsp3) is 0.462. The van der Waals surface area contributed by atoms with Gasteiger partial charge in [0.2, 0.25) is 0 Å². The van der Waals surface area contributed by atoms with Crippen molar-refractivity contribution in [2.45, 2.75) is 12.8 Å². The van der Waals surface area contributed by atoms with Gasteiger partial charge in [0, 0.05) is 6.61 Å². The third-order valence-corrected chi connectivity index (χ3v) is 3.02. The minimum atomic E-state index is -0.341. The minimum absolute atomic E-state index is 0.341. The van der Waals surface area contributed by atoms with Crippen LogP contribution in [0.2, 0.25) is 0 Å². The summed E-state index contributed by atoms with van der Waals surface area (Å²) in [6.07, 6.45) is 1.56. The lowest BCUT2D eigenvalue weighted by molar-refractivity contribution is 0.171. The van der Waals surface area contributed by atoms with E-state index >= 15 is 0 Å². The Morgan fingerprint density at radius 3 is 3.06 bits per heavy atom. The molecule has 16 heavy (non-hydrogen) atoms. The van der Waals surface area contributed by atoms with Crippen LogP contribution >= 0.6 is 0 Å². The van der Waals surface area contributed by atoms with E-state index in [-0.39, 0.29) is 5.41 Å². The van der Waals surface area contributed by atoms with Crippen molar-refractivity contribution in [1.82, 2.24) is 0 Å². The number of rotatable bonds is 3. The molecular weight excluding hydrogens is 202 g/mol. The fourth-order valence-corrected chi connectivity index (χ4v) is 2.05. The van der Waals surface area contributed by atoms with Gasteiger partial charge < -0.3 is 9.47 Å². The van der Waals surface area contributed by atoms with E-state index in [1.807, 2.05) is 24.3 Å². The van der Waals surface area contributed by atoms with Gasteiger partial charge >= 0.3 is 0 Å². The summed E-state index contributed by atoms with van der Waals surface area (Å²) >= 11 is 0. The van der Waals surface area contributed by atoms with Crippen molar-refractivity contribution in [2.75, 3.05) is 20.3 Å². The predicted molar refractivity (Wildman–Crippen MR) is 60.2 cm³/mol. The lowest BCUT2D eigenvalue weighted by atomic mass is 9.82. The molecule has 1 heterocycles. The van der Waals surface area contributed by atoms with Crippen molar-refractivity contribution < 1.29 is 9.47 Å². The largest absolute Gasteiger partial charge is 0.497 e. The van der Waals surface area contributed by atoms with Crippen molar-refractivity contribution in [3.8, 4) is 11.8 Å². The van der Waals surface area contributed by atoms with Crippen LogP contribution < -0.4 is 4.74 Å². The Morgan fingerprint density at radius 1 is 1.56 bits per heavy atom. The zero-order valence-corrected chi connectivity index (χ0v) is 9.40. The first-order valence-corrected chi connectivity index (χ1v) is 5.40. The lowest BCUT2D eigenvalue weighted by Gasteiger charge is -2.18. The number of ether oxygens (including phenoxy) is 2. The highest BCUT2D eigenvalue weighted by Gasteiger charge is 2.35. The number of hydrogen-bond donors (Lipinski definition) is 0. The van der Waals surface area contributed by atoms with Crippen molar-refractivity contribution in [3.05, 3.63) is 29.8 Å². The van der Waals surface area contributed by atoms with Gasteiger partial charge in [-0.05, 0) is 30.5 Å². The summed E-state index contributed by atoms with van der Waals surface area (Å²) in [5, 5.41) is 9.24. The molecule has 0 aromatic heterocycles. The van der Waals surface area contributed by atoms with Crippen LogP contribution in [-0.4, -0.2) is 20.3 Å². The number of nitriles is 1. The van der Waals surface area contributed by atoms with Gasteiger partial charge in [-0.2, -0.15) is 5.26 Å². The number of benzene rings is 1. The summed E-state index contributed by atoms with van der Waals surface area (Å²) in [5.41, 5.74) is 0.790. The van der Waals surface area contributed by atoms with E-state index in [1.54, 1.807) is 7.11 Å².